The van der Waals surface area contributed by atoms with Gasteiger partial charge in [-0.3, -0.25) is 9.69 Å². The number of aryl methyl sites for hydroxylation is 1. The molecule has 0 aliphatic carbocycles. The summed E-state index contributed by atoms with van der Waals surface area (Å²) in [5.74, 6) is 0.351. The van der Waals surface area contributed by atoms with Crippen LogP contribution in [0, 0.1) is 6.92 Å². The summed E-state index contributed by atoms with van der Waals surface area (Å²) in [5, 5.41) is 9.24. The van der Waals surface area contributed by atoms with Crippen LogP contribution in [-0.4, -0.2) is 41.8 Å². The highest BCUT2D eigenvalue weighted by molar-refractivity contribution is 5.73. The van der Waals surface area contributed by atoms with E-state index in [0.717, 1.165) is 22.4 Å². The second-order valence-electron chi connectivity index (χ2n) is 8.47. The van der Waals surface area contributed by atoms with Crippen molar-refractivity contribution in [3.8, 4) is 11.5 Å². The van der Waals surface area contributed by atoms with Crippen LogP contribution in [0.15, 0.2) is 72.8 Å². The van der Waals surface area contributed by atoms with Crippen molar-refractivity contribution < 1.29 is 23.8 Å². The third-order valence-corrected chi connectivity index (χ3v) is 5.62. The van der Waals surface area contributed by atoms with Crippen LogP contribution in [0.4, 0.5) is 4.39 Å². The maximum absolute atomic E-state index is 12.7. The van der Waals surface area contributed by atoms with Gasteiger partial charge in [0.05, 0.1) is 0 Å². The lowest BCUT2D eigenvalue weighted by Gasteiger charge is -2.25. The molecule has 7 heteroatoms. The largest absolute Gasteiger partial charge is 0.491 e. The highest BCUT2D eigenvalue weighted by Gasteiger charge is 2.17. The van der Waals surface area contributed by atoms with Gasteiger partial charge in [0.25, 0.3) is 0 Å². The number of halogens is 1. The zero-order valence-electron chi connectivity index (χ0n) is 20.0. The number of ether oxygens (including phenoxy) is 2. The molecule has 186 valence electrons. The fourth-order valence-corrected chi connectivity index (χ4v) is 3.80. The molecule has 0 saturated carbocycles. The Kier molecular flexibility index (Phi) is 10.1. The summed E-state index contributed by atoms with van der Waals surface area (Å²) in [6.07, 6.45) is 0.287. The topological polar surface area (TPSA) is 85.0 Å². The Morgan fingerprint density at radius 3 is 2.20 bits per heavy atom. The SMILES string of the molecule is Cc1cccc(COc2ccccc2CN(CC[C@@H](N)C(=O)O)Cc2ccccc2OCCF)c1. The molecule has 0 spiro atoms. The van der Waals surface area contributed by atoms with Gasteiger partial charge in [-0.25, -0.2) is 4.39 Å². The molecule has 1 atom stereocenters. The van der Waals surface area contributed by atoms with Crippen LogP contribution in [-0.2, 0) is 24.5 Å². The van der Waals surface area contributed by atoms with E-state index in [1.54, 1.807) is 0 Å². The number of alkyl halides is 1. The smallest absolute Gasteiger partial charge is 0.320 e. The fourth-order valence-electron chi connectivity index (χ4n) is 3.80. The lowest BCUT2D eigenvalue weighted by Crippen LogP contribution is -2.35. The van der Waals surface area contributed by atoms with Gasteiger partial charge in [0.1, 0.15) is 37.4 Å². The number of nitrogens with two attached hydrogens (primary N) is 1. The molecule has 0 bridgehead atoms. The molecule has 6 nitrogen and oxygen atoms in total. The van der Waals surface area contributed by atoms with Gasteiger partial charge >= 0.3 is 5.97 Å². The quantitative estimate of drug-likeness (QED) is 0.347. The van der Waals surface area contributed by atoms with Crippen LogP contribution in [0.5, 0.6) is 11.5 Å². The lowest BCUT2D eigenvalue weighted by molar-refractivity contribution is -0.138. The van der Waals surface area contributed by atoms with Crippen molar-refractivity contribution in [3.05, 3.63) is 95.1 Å². The maximum Gasteiger partial charge on any atom is 0.320 e. The zero-order valence-corrected chi connectivity index (χ0v) is 20.0. The molecular formula is C28H33FN2O4. The Bertz CT molecular complexity index is 1090. The first-order valence-electron chi connectivity index (χ1n) is 11.7. The fraction of sp³-hybridized carbons (Fsp3) is 0.321. The molecule has 0 aliphatic rings. The predicted octanol–water partition coefficient (Wildman–Crippen LogP) is 4.73. The molecule has 3 rings (SSSR count). The van der Waals surface area contributed by atoms with Crippen LogP contribution in [0.2, 0.25) is 0 Å². The van der Waals surface area contributed by atoms with E-state index in [1.807, 2.05) is 73.7 Å². The minimum absolute atomic E-state index is 0.0173. The van der Waals surface area contributed by atoms with Gasteiger partial charge in [-0.1, -0.05) is 66.2 Å². The van der Waals surface area contributed by atoms with Gasteiger partial charge in [0, 0.05) is 30.8 Å². The predicted molar refractivity (Wildman–Crippen MR) is 134 cm³/mol. The Morgan fingerprint density at radius 1 is 0.971 bits per heavy atom. The minimum atomic E-state index is -1.03. The first kappa shape index (κ1) is 26.2. The summed E-state index contributed by atoms with van der Waals surface area (Å²) in [7, 11) is 0. The molecule has 35 heavy (non-hydrogen) atoms. The maximum atomic E-state index is 12.7. The first-order valence-corrected chi connectivity index (χ1v) is 11.7. The van der Waals surface area contributed by atoms with Gasteiger partial charge in [0.2, 0.25) is 0 Å². The van der Waals surface area contributed by atoms with E-state index in [2.05, 4.69) is 11.0 Å². The summed E-state index contributed by atoms with van der Waals surface area (Å²) < 4.78 is 24.4. The van der Waals surface area contributed by atoms with Gasteiger partial charge < -0.3 is 20.3 Å². The monoisotopic (exact) mass is 480 g/mol. The van der Waals surface area contributed by atoms with Crippen molar-refractivity contribution in [2.75, 3.05) is 19.8 Å². The zero-order chi connectivity index (χ0) is 25.0. The number of carboxylic acids is 1. The van der Waals surface area contributed by atoms with Gasteiger partial charge in [-0.2, -0.15) is 0 Å². The van der Waals surface area contributed by atoms with Crippen LogP contribution in [0.25, 0.3) is 0 Å². The number of hydrogen-bond acceptors (Lipinski definition) is 5. The molecule has 0 aliphatic heterocycles. The summed E-state index contributed by atoms with van der Waals surface area (Å²) in [5.41, 5.74) is 9.91. The average molecular weight is 481 g/mol. The Morgan fingerprint density at radius 2 is 1.60 bits per heavy atom. The van der Waals surface area contributed by atoms with E-state index in [1.165, 1.54) is 5.56 Å². The molecule has 0 fully saturated rings. The number of benzene rings is 3. The van der Waals surface area contributed by atoms with Crippen molar-refractivity contribution in [2.24, 2.45) is 5.73 Å². The second-order valence-corrected chi connectivity index (χ2v) is 8.47. The van der Waals surface area contributed by atoms with Gasteiger partial charge in [0.15, 0.2) is 0 Å². The summed E-state index contributed by atoms with van der Waals surface area (Å²) in [6, 6.07) is 22.5. The Labute approximate surface area is 206 Å². The molecule has 3 aromatic rings. The molecular weight excluding hydrogens is 447 g/mol. The van der Waals surface area contributed by atoms with Crippen LogP contribution >= 0.6 is 0 Å². The summed E-state index contributed by atoms with van der Waals surface area (Å²) in [4.78, 5) is 13.4. The molecule has 3 N–H and O–H groups in total. The number of nitrogens with zero attached hydrogens (tertiary/aromatic N) is 1. The van der Waals surface area contributed by atoms with Gasteiger partial charge in [-0.15, -0.1) is 0 Å². The molecule has 0 amide bonds. The second kappa shape index (κ2) is 13.5. The molecule has 0 aromatic heterocycles. The standard InChI is InChI=1S/C28H33FN2O4/c1-21-7-6-8-22(17-21)20-35-27-12-5-3-10-24(27)19-31(15-13-25(30)28(32)33)18-23-9-2-4-11-26(23)34-16-14-29/h2-12,17,25H,13-16,18-20,30H2,1H3,(H,32,33)/t25-/m1/s1. The van der Waals surface area contributed by atoms with Crippen molar-refractivity contribution in [3.63, 3.8) is 0 Å². The Balaban J connectivity index is 1.78. The first-order chi connectivity index (χ1) is 17.0. The Hall–Kier alpha value is -3.42. The average Bonchev–Trinajstić information content (AvgIpc) is 2.86. The highest BCUT2D eigenvalue weighted by Crippen LogP contribution is 2.25. The number of aliphatic carboxylic acids is 1. The third-order valence-electron chi connectivity index (χ3n) is 5.62. The van der Waals surface area contributed by atoms with E-state index in [4.69, 9.17) is 15.2 Å². The summed E-state index contributed by atoms with van der Waals surface area (Å²) >= 11 is 0. The third kappa shape index (κ3) is 8.38. The van der Waals surface area contributed by atoms with Crippen molar-refractivity contribution >= 4 is 5.97 Å². The van der Waals surface area contributed by atoms with Crippen LogP contribution in [0.3, 0.4) is 0 Å². The van der Waals surface area contributed by atoms with Gasteiger partial charge in [-0.05, 0) is 31.0 Å². The number of carboxylic acid groups (broad SMARTS) is 1. The van der Waals surface area contributed by atoms with E-state index in [9.17, 15) is 14.3 Å². The van der Waals surface area contributed by atoms with E-state index in [-0.39, 0.29) is 13.0 Å². The van der Waals surface area contributed by atoms with Crippen LogP contribution in [0.1, 0.15) is 28.7 Å². The van der Waals surface area contributed by atoms with E-state index < -0.39 is 18.7 Å². The lowest BCUT2D eigenvalue weighted by atomic mass is 10.1. The van der Waals surface area contributed by atoms with Crippen molar-refractivity contribution in [1.29, 1.82) is 0 Å². The van der Waals surface area contributed by atoms with E-state index in [0.29, 0.717) is 32.0 Å². The normalized spacial score (nSPS) is 11.9. The van der Waals surface area contributed by atoms with Crippen molar-refractivity contribution in [2.45, 2.75) is 39.1 Å². The molecule has 0 saturated heterocycles. The number of para-hydroxylation sites is 2. The highest BCUT2D eigenvalue weighted by atomic mass is 19.1. The molecule has 3 aromatic carbocycles. The molecule has 0 radical (unpaired) electrons. The number of hydrogen-bond donors (Lipinski definition) is 2. The van der Waals surface area contributed by atoms with Crippen molar-refractivity contribution in [1.82, 2.24) is 4.90 Å². The number of rotatable bonds is 14. The number of carbonyl (C=O) groups is 1. The minimum Gasteiger partial charge on any atom is -0.491 e. The summed E-state index contributed by atoms with van der Waals surface area (Å²) in [6.45, 7) is 3.37. The molecule has 0 heterocycles. The molecule has 0 unspecified atom stereocenters. The van der Waals surface area contributed by atoms with Crippen LogP contribution < -0.4 is 15.2 Å². The van der Waals surface area contributed by atoms with E-state index >= 15 is 0 Å².